The summed E-state index contributed by atoms with van der Waals surface area (Å²) in [6, 6.07) is 3.40. The number of aliphatic hydroxyl groups excluding tert-OH is 1. The van der Waals surface area contributed by atoms with Crippen LogP contribution in [-0.4, -0.2) is 37.0 Å². The lowest BCUT2D eigenvalue weighted by Gasteiger charge is -2.14. The van der Waals surface area contributed by atoms with Gasteiger partial charge in [-0.1, -0.05) is 25.4 Å². The van der Waals surface area contributed by atoms with Crippen molar-refractivity contribution in [3.63, 3.8) is 0 Å². The zero-order chi connectivity index (χ0) is 15.8. The maximum absolute atomic E-state index is 13.2. The van der Waals surface area contributed by atoms with E-state index < -0.39 is 18.0 Å². The third kappa shape index (κ3) is 7.27. The second-order valence-corrected chi connectivity index (χ2v) is 5.46. The molecule has 1 rings (SSSR count). The highest BCUT2D eigenvalue weighted by atomic mass is 35.5. The molecule has 0 heterocycles. The SMILES string of the molecule is CC(C)COCC(O)CNC(=O)Nc1ccc(Cl)c(F)c1. The average Bonchev–Trinajstić information content (AvgIpc) is 2.40. The molecular formula is C14H20ClFN2O3. The zero-order valence-corrected chi connectivity index (χ0v) is 12.8. The van der Waals surface area contributed by atoms with Crippen LogP contribution in [0, 0.1) is 11.7 Å². The molecule has 118 valence electrons. The molecule has 0 saturated carbocycles. The molecule has 1 atom stereocenters. The van der Waals surface area contributed by atoms with E-state index in [1.165, 1.54) is 12.1 Å². The van der Waals surface area contributed by atoms with Gasteiger partial charge in [-0.15, -0.1) is 0 Å². The van der Waals surface area contributed by atoms with Crippen molar-refractivity contribution in [1.29, 1.82) is 0 Å². The Hall–Kier alpha value is -1.37. The van der Waals surface area contributed by atoms with Gasteiger partial charge in [0.25, 0.3) is 0 Å². The monoisotopic (exact) mass is 318 g/mol. The van der Waals surface area contributed by atoms with Crippen molar-refractivity contribution in [3.05, 3.63) is 29.0 Å². The predicted molar refractivity (Wildman–Crippen MR) is 80.1 cm³/mol. The van der Waals surface area contributed by atoms with E-state index in [0.717, 1.165) is 6.07 Å². The molecule has 1 aromatic carbocycles. The van der Waals surface area contributed by atoms with Gasteiger partial charge in [0.05, 0.1) is 17.7 Å². The van der Waals surface area contributed by atoms with E-state index in [9.17, 15) is 14.3 Å². The van der Waals surface area contributed by atoms with Gasteiger partial charge in [0.15, 0.2) is 0 Å². The van der Waals surface area contributed by atoms with Gasteiger partial charge < -0.3 is 20.5 Å². The molecule has 0 aliphatic heterocycles. The Morgan fingerprint density at radius 2 is 2.14 bits per heavy atom. The highest BCUT2D eigenvalue weighted by Gasteiger charge is 2.09. The number of rotatable bonds is 7. The highest BCUT2D eigenvalue weighted by Crippen LogP contribution is 2.18. The van der Waals surface area contributed by atoms with E-state index in [1.807, 2.05) is 13.8 Å². The Labute approximate surface area is 128 Å². The summed E-state index contributed by atoms with van der Waals surface area (Å²) in [5.74, 6) is -0.232. The summed E-state index contributed by atoms with van der Waals surface area (Å²) in [5.41, 5.74) is 0.278. The van der Waals surface area contributed by atoms with Gasteiger partial charge in [-0.25, -0.2) is 9.18 Å². The molecule has 0 radical (unpaired) electrons. The van der Waals surface area contributed by atoms with Crippen LogP contribution in [-0.2, 0) is 4.74 Å². The number of amides is 2. The van der Waals surface area contributed by atoms with Crippen LogP contribution in [0.2, 0.25) is 5.02 Å². The van der Waals surface area contributed by atoms with Gasteiger partial charge in [-0.3, -0.25) is 0 Å². The van der Waals surface area contributed by atoms with Gasteiger partial charge in [-0.05, 0) is 24.1 Å². The van der Waals surface area contributed by atoms with Gasteiger partial charge in [0.1, 0.15) is 5.82 Å². The fourth-order valence-electron chi connectivity index (χ4n) is 1.46. The first-order chi connectivity index (χ1) is 9.88. The number of benzene rings is 1. The third-order valence-electron chi connectivity index (χ3n) is 2.44. The maximum Gasteiger partial charge on any atom is 0.319 e. The minimum Gasteiger partial charge on any atom is -0.389 e. The van der Waals surface area contributed by atoms with Crippen LogP contribution in [0.25, 0.3) is 0 Å². The van der Waals surface area contributed by atoms with Crippen LogP contribution in [0.15, 0.2) is 18.2 Å². The molecule has 0 saturated heterocycles. The Balaban J connectivity index is 2.28. The highest BCUT2D eigenvalue weighted by molar-refractivity contribution is 6.30. The van der Waals surface area contributed by atoms with Crippen LogP contribution in [0.4, 0.5) is 14.9 Å². The Bertz CT molecular complexity index is 472. The summed E-state index contributed by atoms with van der Waals surface area (Å²) in [7, 11) is 0. The third-order valence-corrected chi connectivity index (χ3v) is 2.74. The fourth-order valence-corrected chi connectivity index (χ4v) is 1.58. The first-order valence-electron chi connectivity index (χ1n) is 6.64. The van der Waals surface area contributed by atoms with E-state index in [4.69, 9.17) is 16.3 Å². The fraction of sp³-hybridized carbons (Fsp3) is 0.500. The summed E-state index contributed by atoms with van der Waals surface area (Å²) < 4.78 is 18.4. The minimum atomic E-state index is -0.795. The lowest BCUT2D eigenvalue weighted by atomic mass is 10.2. The number of ether oxygens (including phenoxy) is 1. The lowest BCUT2D eigenvalue weighted by molar-refractivity contribution is 0.0274. The molecule has 2 amide bonds. The van der Waals surface area contributed by atoms with E-state index in [0.29, 0.717) is 12.5 Å². The summed E-state index contributed by atoms with van der Waals surface area (Å²) in [6.07, 6.45) is -0.795. The quantitative estimate of drug-likeness (QED) is 0.724. The Morgan fingerprint density at radius 1 is 1.43 bits per heavy atom. The molecule has 0 aromatic heterocycles. The van der Waals surface area contributed by atoms with E-state index in [2.05, 4.69) is 10.6 Å². The minimum absolute atomic E-state index is 0.0151. The largest absolute Gasteiger partial charge is 0.389 e. The number of urea groups is 1. The summed E-state index contributed by atoms with van der Waals surface area (Å²) in [5, 5.41) is 14.5. The molecule has 1 unspecified atom stereocenters. The van der Waals surface area contributed by atoms with Crippen molar-refractivity contribution in [2.75, 3.05) is 25.1 Å². The van der Waals surface area contributed by atoms with Crippen molar-refractivity contribution in [1.82, 2.24) is 5.32 Å². The van der Waals surface area contributed by atoms with Gasteiger partial charge >= 0.3 is 6.03 Å². The number of aliphatic hydroxyl groups is 1. The van der Waals surface area contributed by atoms with Crippen molar-refractivity contribution < 1.29 is 19.0 Å². The number of halogens is 2. The standard InChI is InChI=1S/C14H20ClFN2O3/c1-9(2)7-21-8-11(19)6-17-14(20)18-10-3-4-12(15)13(16)5-10/h3-5,9,11,19H,6-8H2,1-2H3,(H2,17,18,20). The molecule has 3 N–H and O–H groups in total. The average molecular weight is 319 g/mol. The molecule has 1 aromatic rings. The first-order valence-corrected chi connectivity index (χ1v) is 7.02. The molecular weight excluding hydrogens is 299 g/mol. The normalized spacial score (nSPS) is 12.3. The van der Waals surface area contributed by atoms with Gasteiger partial charge in [0, 0.05) is 18.8 Å². The number of nitrogens with one attached hydrogen (secondary N) is 2. The summed E-state index contributed by atoms with van der Waals surface area (Å²) in [4.78, 5) is 11.6. The molecule has 21 heavy (non-hydrogen) atoms. The molecule has 0 aliphatic carbocycles. The molecule has 7 heteroatoms. The molecule has 0 spiro atoms. The van der Waals surface area contributed by atoms with E-state index >= 15 is 0 Å². The van der Waals surface area contributed by atoms with Gasteiger partial charge in [0.2, 0.25) is 0 Å². The second kappa shape index (κ2) is 8.81. The predicted octanol–water partition coefficient (Wildman–Crippen LogP) is 2.63. The van der Waals surface area contributed by atoms with Crippen molar-refractivity contribution >= 4 is 23.3 Å². The topological polar surface area (TPSA) is 70.6 Å². The molecule has 0 fully saturated rings. The molecule has 0 aliphatic rings. The van der Waals surface area contributed by atoms with Crippen LogP contribution in [0.5, 0.6) is 0 Å². The summed E-state index contributed by atoms with van der Waals surface area (Å²) in [6.45, 7) is 4.74. The number of hydrogen-bond donors (Lipinski definition) is 3. The molecule has 5 nitrogen and oxygen atoms in total. The van der Waals surface area contributed by atoms with Gasteiger partial charge in [-0.2, -0.15) is 0 Å². The van der Waals surface area contributed by atoms with Crippen LogP contribution >= 0.6 is 11.6 Å². The number of carbonyl (C=O) groups excluding carboxylic acids is 1. The number of hydrogen-bond acceptors (Lipinski definition) is 3. The second-order valence-electron chi connectivity index (χ2n) is 5.05. The van der Waals surface area contributed by atoms with Crippen LogP contribution in [0.1, 0.15) is 13.8 Å². The number of anilines is 1. The number of carbonyl (C=O) groups is 1. The van der Waals surface area contributed by atoms with E-state index in [1.54, 1.807) is 0 Å². The first kappa shape index (κ1) is 17.7. The maximum atomic E-state index is 13.2. The zero-order valence-electron chi connectivity index (χ0n) is 12.0. The molecule has 0 bridgehead atoms. The van der Waals surface area contributed by atoms with E-state index in [-0.39, 0.29) is 23.9 Å². The van der Waals surface area contributed by atoms with Crippen molar-refractivity contribution in [3.8, 4) is 0 Å². The smallest absolute Gasteiger partial charge is 0.319 e. The van der Waals surface area contributed by atoms with Crippen molar-refractivity contribution in [2.24, 2.45) is 5.92 Å². The summed E-state index contributed by atoms with van der Waals surface area (Å²) >= 11 is 5.54. The Kier molecular flexibility index (Phi) is 7.42. The van der Waals surface area contributed by atoms with Crippen molar-refractivity contribution in [2.45, 2.75) is 20.0 Å². The lowest BCUT2D eigenvalue weighted by Crippen LogP contribution is -2.37. The van der Waals surface area contributed by atoms with Crippen LogP contribution in [0.3, 0.4) is 0 Å². The van der Waals surface area contributed by atoms with Crippen LogP contribution < -0.4 is 10.6 Å². The Morgan fingerprint density at radius 3 is 2.76 bits per heavy atom.